The van der Waals surface area contributed by atoms with Gasteiger partial charge in [-0.15, -0.1) is 0 Å². The quantitative estimate of drug-likeness (QED) is 0.845. The van der Waals surface area contributed by atoms with Gasteiger partial charge in [-0.1, -0.05) is 17.7 Å². The molecule has 1 aliphatic rings. The molecule has 2 aromatic rings. The lowest BCUT2D eigenvalue weighted by Gasteiger charge is -2.20. The standard InChI is InChI=1S/C13H12ClN3O3/c14-7-3-1-4-8-10(7)12(18)16-11(15-8)9-5-2-6-17(9)13(19)20/h1,3-4,9H,2,5-6H2,(H,19,20)(H,15,16,18)/t9-/m0/s1. The number of aromatic nitrogens is 2. The lowest BCUT2D eigenvalue weighted by Crippen LogP contribution is -2.31. The van der Waals surface area contributed by atoms with Gasteiger partial charge in [0.2, 0.25) is 0 Å². The zero-order valence-electron chi connectivity index (χ0n) is 10.5. The third-order valence-electron chi connectivity index (χ3n) is 3.52. The Balaban J connectivity index is 2.14. The number of likely N-dealkylation sites (tertiary alicyclic amines) is 1. The summed E-state index contributed by atoms with van der Waals surface area (Å²) in [6.45, 7) is 0.456. The molecule has 6 nitrogen and oxygen atoms in total. The summed E-state index contributed by atoms with van der Waals surface area (Å²) in [7, 11) is 0. The highest BCUT2D eigenvalue weighted by Crippen LogP contribution is 2.30. The maximum atomic E-state index is 12.1. The first-order valence-corrected chi connectivity index (χ1v) is 6.63. The van der Waals surface area contributed by atoms with E-state index >= 15 is 0 Å². The minimum atomic E-state index is -0.999. The normalized spacial score (nSPS) is 18.6. The molecule has 1 saturated heterocycles. The summed E-state index contributed by atoms with van der Waals surface area (Å²) in [5.41, 5.74) is 0.140. The predicted octanol–water partition coefficient (Wildman–Crippen LogP) is 2.39. The van der Waals surface area contributed by atoms with Gasteiger partial charge in [-0.2, -0.15) is 0 Å². The van der Waals surface area contributed by atoms with Crippen LogP contribution in [0, 0.1) is 0 Å². The van der Waals surface area contributed by atoms with Crippen molar-refractivity contribution in [3.05, 3.63) is 39.4 Å². The molecule has 1 atom stereocenters. The summed E-state index contributed by atoms with van der Waals surface area (Å²) >= 11 is 5.99. The van der Waals surface area contributed by atoms with Crippen LogP contribution in [0.15, 0.2) is 23.0 Å². The summed E-state index contributed by atoms with van der Waals surface area (Å²) in [4.78, 5) is 31.6. The molecule has 20 heavy (non-hydrogen) atoms. The van der Waals surface area contributed by atoms with Crippen molar-refractivity contribution in [2.45, 2.75) is 18.9 Å². The fourth-order valence-electron chi connectivity index (χ4n) is 2.60. The average molecular weight is 294 g/mol. The number of nitrogens with zero attached hydrogens (tertiary/aromatic N) is 2. The van der Waals surface area contributed by atoms with Crippen LogP contribution in [0.3, 0.4) is 0 Å². The Morgan fingerprint density at radius 3 is 3.05 bits per heavy atom. The van der Waals surface area contributed by atoms with Gasteiger partial charge in [-0.3, -0.25) is 9.69 Å². The Bertz CT molecular complexity index is 743. The predicted molar refractivity (Wildman–Crippen MR) is 74.1 cm³/mol. The van der Waals surface area contributed by atoms with E-state index in [2.05, 4.69) is 9.97 Å². The van der Waals surface area contributed by atoms with Crippen LogP contribution >= 0.6 is 11.6 Å². The van der Waals surface area contributed by atoms with Gasteiger partial charge in [-0.05, 0) is 25.0 Å². The number of fused-ring (bicyclic) bond motifs is 1. The number of aromatic amines is 1. The van der Waals surface area contributed by atoms with Gasteiger partial charge >= 0.3 is 6.09 Å². The molecule has 0 unspecified atom stereocenters. The molecular weight excluding hydrogens is 282 g/mol. The number of halogens is 1. The van der Waals surface area contributed by atoms with E-state index in [1.807, 2.05) is 0 Å². The Hall–Kier alpha value is -2.08. The molecule has 2 heterocycles. The lowest BCUT2D eigenvalue weighted by atomic mass is 10.2. The van der Waals surface area contributed by atoms with Crippen LogP contribution in [0.25, 0.3) is 10.9 Å². The molecular formula is C13H12ClN3O3. The monoisotopic (exact) mass is 293 g/mol. The zero-order chi connectivity index (χ0) is 14.3. The van der Waals surface area contributed by atoms with Crippen molar-refractivity contribution in [1.82, 2.24) is 14.9 Å². The number of nitrogens with one attached hydrogen (secondary N) is 1. The second kappa shape index (κ2) is 4.79. The molecule has 0 bridgehead atoms. The molecule has 2 N–H and O–H groups in total. The van der Waals surface area contributed by atoms with E-state index in [-0.39, 0.29) is 5.56 Å². The molecule has 0 spiro atoms. The molecule has 1 amide bonds. The van der Waals surface area contributed by atoms with E-state index < -0.39 is 12.1 Å². The highest BCUT2D eigenvalue weighted by molar-refractivity contribution is 6.35. The molecule has 0 saturated carbocycles. The first-order chi connectivity index (χ1) is 9.58. The summed E-state index contributed by atoms with van der Waals surface area (Å²) in [5, 5.41) is 9.83. The van der Waals surface area contributed by atoms with Crippen molar-refractivity contribution in [3.63, 3.8) is 0 Å². The Kier molecular flexibility index (Phi) is 3.10. The van der Waals surface area contributed by atoms with E-state index in [4.69, 9.17) is 16.7 Å². The van der Waals surface area contributed by atoms with Gasteiger partial charge in [0.05, 0.1) is 22.0 Å². The molecule has 1 fully saturated rings. The molecule has 0 radical (unpaired) electrons. The number of carbonyl (C=O) groups is 1. The van der Waals surface area contributed by atoms with E-state index in [1.54, 1.807) is 18.2 Å². The molecule has 1 aromatic carbocycles. The fourth-order valence-corrected chi connectivity index (χ4v) is 2.86. The fraction of sp³-hybridized carbons (Fsp3) is 0.308. The van der Waals surface area contributed by atoms with Crippen molar-refractivity contribution in [2.24, 2.45) is 0 Å². The number of rotatable bonds is 1. The van der Waals surface area contributed by atoms with Crippen molar-refractivity contribution >= 4 is 28.6 Å². The molecule has 3 rings (SSSR count). The maximum absolute atomic E-state index is 12.1. The van der Waals surface area contributed by atoms with Crippen molar-refractivity contribution < 1.29 is 9.90 Å². The third-order valence-corrected chi connectivity index (χ3v) is 3.83. The van der Waals surface area contributed by atoms with E-state index in [1.165, 1.54) is 4.90 Å². The van der Waals surface area contributed by atoms with Gasteiger partial charge in [0, 0.05) is 6.54 Å². The van der Waals surface area contributed by atoms with E-state index in [9.17, 15) is 9.59 Å². The van der Waals surface area contributed by atoms with Crippen LogP contribution in [0.1, 0.15) is 24.7 Å². The van der Waals surface area contributed by atoms with Gasteiger partial charge in [0.15, 0.2) is 0 Å². The van der Waals surface area contributed by atoms with Crippen molar-refractivity contribution in [1.29, 1.82) is 0 Å². The van der Waals surface area contributed by atoms with Crippen LogP contribution in [0.5, 0.6) is 0 Å². The van der Waals surface area contributed by atoms with Crippen LogP contribution in [0.2, 0.25) is 5.02 Å². The molecule has 1 aliphatic heterocycles. The van der Waals surface area contributed by atoms with Crippen molar-refractivity contribution in [2.75, 3.05) is 6.54 Å². The van der Waals surface area contributed by atoms with Gasteiger partial charge < -0.3 is 10.1 Å². The largest absolute Gasteiger partial charge is 0.465 e. The number of carboxylic acid groups (broad SMARTS) is 1. The van der Waals surface area contributed by atoms with Gasteiger partial charge in [-0.25, -0.2) is 9.78 Å². The number of hydrogen-bond donors (Lipinski definition) is 2. The minimum Gasteiger partial charge on any atom is -0.465 e. The lowest BCUT2D eigenvalue weighted by molar-refractivity contribution is 0.138. The molecule has 104 valence electrons. The van der Waals surface area contributed by atoms with E-state index in [0.29, 0.717) is 34.7 Å². The van der Waals surface area contributed by atoms with Crippen LogP contribution in [-0.2, 0) is 0 Å². The Morgan fingerprint density at radius 2 is 2.30 bits per heavy atom. The van der Waals surface area contributed by atoms with Gasteiger partial charge in [0.25, 0.3) is 5.56 Å². The van der Waals surface area contributed by atoms with E-state index in [0.717, 1.165) is 6.42 Å². The highest BCUT2D eigenvalue weighted by atomic mass is 35.5. The number of H-pyrrole nitrogens is 1. The minimum absolute atomic E-state index is 0.331. The van der Waals surface area contributed by atoms with Crippen molar-refractivity contribution in [3.8, 4) is 0 Å². The molecule has 7 heteroatoms. The van der Waals surface area contributed by atoms with Gasteiger partial charge in [0.1, 0.15) is 5.82 Å². The summed E-state index contributed by atoms with van der Waals surface area (Å²) in [6.07, 6.45) is 0.414. The maximum Gasteiger partial charge on any atom is 0.407 e. The first-order valence-electron chi connectivity index (χ1n) is 6.26. The SMILES string of the molecule is O=C(O)N1CCC[C@H]1c1nc2cccc(Cl)c2c(=O)[nH]1. The Morgan fingerprint density at radius 1 is 1.50 bits per heavy atom. The van der Waals surface area contributed by atoms with Crippen LogP contribution in [-0.4, -0.2) is 32.6 Å². The highest BCUT2D eigenvalue weighted by Gasteiger charge is 2.31. The molecule has 1 aromatic heterocycles. The summed E-state index contributed by atoms with van der Waals surface area (Å²) in [5.74, 6) is 0.379. The second-order valence-electron chi connectivity index (χ2n) is 4.72. The topological polar surface area (TPSA) is 86.3 Å². The number of amides is 1. The Labute approximate surface area is 119 Å². The van der Waals surface area contributed by atoms with Crippen LogP contribution in [0.4, 0.5) is 4.79 Å². The third kappa shape index (κ3) is 2.02. The second-order valence-corrected chi connectivity index (χ2v) is 5.13. The first kappa shape index (κ1) is 12.9. The zero-order valence-corrected chi connectivity index (χ0v) is 11.2. The number of hydrogen-bond acceptors (Lipinski definition) is 3. The summed E-state index contributed by atoms with van der Waals surface area (Å²) in [6, 6.07) is 4.63. The number of benzene rings is 1. The van der Waals surface area contributed by atoms with Crippen LogP contribution < -0.4 is 5.56 Å². The average Bonchev–Trinajstić information content (AvgIpc) is 2.87. The summed E-state index contributed by atoms with van der Waals surface area (Å²) < 4.78 is 0. The molecule has 0 aliphatic carbocycles. The smallest absolute Gasteiger partial charge is 0.407 e.